The largest absolute Gasteiger partial charge is 0.483 e. The second-order valence-corrected chi connectivity index (χ2v) is 6.25. The van der Waals surface area contributed by atoms with Crippen molar-refractivity contribution in [3.63, 3.8) is 0 Å². The molecule has 0 fully saturated rings. The highest BCUT2D eigenvalue weighted by Gasteiger charge is 2.14. The number of ether oxygens (including phenoxy) is 1. The number of carbonyl (C=O) groups is 1. The van der Waals surface area contributed by atoms with Crippen LogP contribution < -0.4 is 10.2 Å². The summed E-state index contributed by atoms with van der Waals surface area (Å²) in [6.45, 7) is 7.97. The zero-order chi connectivity index (χ0) is 16.2. The van der Waals surface area contributed by atoms with Crippen molar-refractivity contribution >= 4 is 22.4 Å². The van der Waals surface area contributed by atoms with E-state index in [1.165, 1.54) is 0 Å². The Hall–Kier alpha value is -2.36. The van der Waals surface area contributed by atoms with Gasteiger partial charge >= 0.3 is 0 Å². The highest BCUT2D eigenvalue weighted by molar-refractivity contribution is 5.90. The van der Waals surface area contributed by atoms with Crippen LogP contribution in [0.3, 0.4) is 0 Å². The van der Waals surface area contributed by atoms with E-state index in [-0.39, 0.29) is 17.9 Å². The van der Waals surface area contributed by atoms with Crippen LogP contribution in [0.25, 0.3) is 10.8 Å². The number of fused-ring (bicyclic) bond motifs is 1. The Bertz CT molecular complexity index is 694. The maximum absolute atomic E-state index is 11.8. The standard InChI is InChI=1S/C18H22N2O2/c1-13(18(2,3)4)19-20-17(21)12-22-16-11-7-9-14-8-5-6-10-15(14)16/h5-11H,12H2,1-4H3,(H,20,21)/b19-13+. The SMILES string of the molecule is C/C(=N\NC(=O)COc1cccc2ccccc12)C(C)(C)C. The lowest BCUT2D eigenvalue weighted by molar-refractivity contribution is -0.123. The summed E-state index contributed by atoms with van der Waals surface area (Å²) >= 11 is 0. The fraction of sp³-hybridized carbons (Fsp3) is 0.333. The molecule has 1 N–H and O–H groups in total. The molecule has 0 heterocycles. The van der Waals surface area contributed by atoms with Gasteiger partial charge in [0.25, 0.3) is 5.91 Å². The zero-order valence-corrected chi connectivity index (χ0v) is 13.5. The van der Waals surface area contributed by atoms with Gasteiger partial charge in [-0.3, -0.25) is 4.79 Å². The van der Waals surface area contributed by atoms with E-state index in [0.717, 1.165) is 16.5 Å². The van der Waals surface area contributed by atoms with E-state index in [0.29, 0.717) is 5.75 Å². The van der Waals surface area contributed by atoms with Crippen LogP contribution in [-0.4, -0.2) is 18.2 Å². The first kappa shape index (κ1) is 16.0. The minimum Gasteiger partial charge on any atom is -0.483 e. The molecular weight excluding hydrogens is 276 g/mol. The predicted octanol–water partition coefficient (Wildman–Crippen LogP) is 3.76. The van der Waals surface area contributed by atoms with Crippen molar-refractivity contribution in [1.82, 2.24) is 5.43 Å². The lowest BCUT2D eigenvalue weighted by Gasteiger charge is -2.17. The Kier molecular flexibility index (Phi) is 4.81. The van der Waals surface area contributed by atoms with E-state index in [1.54, 1.807) is 0 Å². The van der Waals surface area contributed by atoms with Crippen molar-refractivity contribution in [2.24, 2.45) is 10.5 Å². The molecule has 0 aliphatic rings. The van der Waals surface area contributed by atoms with E-state index < -0.39 is 0 Å². The normalized spacial score (nSPS) is 12.3. The quantitative estimate of drug-likeness (QED) is 0.690. The van der Waals surface area contributed by atoms with Crippen molar-refractivity contribution < 1.29 is 9.53 Å². The number of hydrogen-bond donors (Lipinski definition) is 1. The van der Waals surface area contributed by atoms with Crippen LogP contribution in [0.1, 0.15) is 27.7 Å². The average molecular weight is 298 g/mol. The molecule has 0 aliphatic carbocycles. The lowest BCUT2D eigenvalue weighted by Crippen LogP contribution is -2.28. The van der Waals surface area contributed by atoms with E-state index in [9.17, 15) is 4.79 Å². The van der Waals surface area contributed by atoms with E-state index in [4.69, 9.17) is 4.74 Å². The number of amides is 1. The molecule has 22 heavy (non-hydrogen) atoms. The molecule has 0 bridgehead atoms. The van der Waals surface area contributed by atoms with Gasteiger partial charge in [0.1, 0.15) is 5.75 Å². The second-order valence-electron chi connectivity index (χ2n) is 6.25. The summed E-state index contributed by atoms with van der Waals surface area (Å²) in [6, 6.07) is 13.7. The molecule has 0 unspecified atom stereocenters. The average Bonchev–Trinajstić information content (AvgIpc) is 2.49. The Morgan fingerprint density at radius 2 is 1.82 bits per heavy atom. The van der Waals surface area contributed by atoms with Crippen LogP contribution in [-0.2, 0) is 4.79 Å². The predicted molar refractivity (Wildman–Crippen MR) is 90.1 cm³/mol. The van der Waals surface area contributed by atoms with Crippen molar-refractivity contribution in [1.29, 1.82) is 0 Å². The Morgan fingerprint density at radius 3 is 2.55 bits per heavy atom. The fourth-order valence-electron chi connectivity index (χ4n) is 1.81. The molecule has 0 atom stereocenters. The molecule has 2 aromatic carbocycles. The van der Waals surface area contributed by atoms with Gasteiger partial charge in [-0.15, -0.1) is 0 Å². The summed E-state index contributed by atoms with van der Waals surface area (Å²) in [6.07, 6.45) is 0. The van der Waals surface area contributed by atoms with Crippen LogP contribution in [0.15, 0.2) is 47.6 Å². The Morgan fingerprint density at radius 1 is 1.14 bits per heavy atom. The number of rotatable bonds is 4. The van der Waals surface area contributed by atoms with Gasteiger partial charge in [0, 0.05) is 16.5 Å². The molecule has 0 aromatic heterocycles. The van der Waals surface area contributed by atoms with Crippen LogP contribution in [0.4, 0.5) is 0 Å². The fourth-order valence-corrected chi connectivity index (χ4v) is 1.81. The first-order chi connectivity index (χ1) is 10.4. The Labute approximate surface area is 131 Å². The maximum atomic E-state index is 11.8. The highest BCUT2D eigenvalue weighted by atomic mass is 16.5. The molecule has 0 saturated carbocycles. The molecule has 4 nitrogen and oxygen atoms in total. The van der Waals surface area contributed by atoms with Crippen molar-refractivity contribution in [3.05, 3.63) is 42.5 Å². The first-order valence-electron chi connectivity index (χ1n) is 7.32. The number of nitrogens with one attached hydrogen (secondary N) is 1. The second kappa shape index (κ2) is 6.60. The number of nitrogens with zero attached hydrogens (tertiary/aromatic N) is 1. The maximum Gasteiger partial charge on any atom is 0.277 e. The van der Waals surface area contributed by atoms with Crippen molar-refractivity contribution in [2.75, 3.05) is 6.61 Å². The Balaban J connectivity index is 1.99. The van der Waals surface area contributed by atoms with E-state index in [1.807, 2.05) is 70.2 Å². The monoisotopic (exact) mass is 298 g/mol. The zero-order valence-electron chi connectivity index (χ0n) is 13.5. The number of benzene rings is 2. The summed E-state index contributed by atoms with van der Waals surface area (Å²) in [4.78, 5) is 11.8. The minimum atomic E-state index is -0.267. The summed E-state index contributed by atoms with van der Waals surface area (Å²) in [7, 11) is 0. The number of hydrazone groups is 1. The van der Waals surface area contributed by atoms with Gasteiger partial charge in [0.15, 0.2) is 6.61 Å². The molecule has 2 rings (SSSR count). The summed E-state index contributed by atoms with van der Waals surface area (Å²) in [5, 5.41) is 6.19. The van der Waals surface area contributed by atoms with Gasteiger partial charge < -0.3 is 4.74 Å². The first-order valence-corrected chi connectivity index (χ1v) is 7.32. The lowest BCUT2D eigenvalue weighted by atomic mass is 9.91. The number of carbonyl (C=O) groups excluding carboxylic acids is 1. The molecule has 0 radical (unpaired) electrons. The van der Waals surface area contributed by atoms with Gasteiger partial charge in [0.05, 0.1) is 0 Å². The third kappa shape index (κ3) is 4.07. The molecule has 4 heteroatoms. The summed E-state index contributed by atoms with van der Waals surface area (Å²) in [5.41, 5.74) is 3.33. The van der Waals surface area contributed by atoms with Crippen LogP contribution in [0.5, 0.6) is 5.75 Å². The van der Waals surface area contributed by atoms with Crippen molar-refractivity contribution in [2.45, 2.75) is 27.7 Å². The molecule has 0 aliphatic heterocycles. The molecular formula is C18H22N2O2. The number of hydrogen-bond acceptors (Lipinski definition) is 3. The molecule has 2 aromatic rings. The van der Waals surface area contributed by atoms with Gasteiger partial charge in [-0.2, -0.15) is 5.10 Å². The highest BCUT2D eigenvalue weighted by Crippen LogP contribution is 2.24. The van der Waals surface area contributed by atoms with E-state index >= 15 is 0 Å². The molecule has 0 saturated heterocycles. The molecule has 116 valence electrons. The summed E-state index contributed by atoms with van der Waals surface area (Å²) < 4.78 is 5.62. The van der Waals surface area contributed by atoms with Gasteiger partial charge in [0.2, 0.25) is 0 Å². The third-order valence-electron chi connectivity index (χ3n) is 3.54. The molecule has 0 spiro atoms. The van der Waals surface area contributed by atoms with Gasteiger partial charge in [-0.05, 0) is 18.4 Å². The summed E-state index contributed by atoms with van der Waals surface area (Å²) in [5.74, 6) is 0.432. The smallest absolute Gasteiger partial charge is 0.277 e. The van der Waals surface area contributed by atoms with Crippen molar-refractivity contribution in [3.8, 4) is 5.75 Å². The minimum absolute atomic E-state index is 0.0606. The van der Waals surface area contributed by atoms with Crippen LogP contribution >= 0.6 is 0 Å². The van der Waals surface area contributed by atoms with Crippen LogP contribution in [0, 0.1) is 5.41 Å². The van der Waals surface area contributed by atoms with Crippen LogP contribution in [0.2, 0.25) is 0 Å². The molecule has 1 amide bonds. The van der Waals surface area contributed by atoms with Gasteiger partial charge in [-0.1, -0.05) is 57.2 Å². The third-order valence-corrected chi connectivity index (χ3v) is 3.54. The van der Waals surface area contributed by atoms with E-state index in [2.05, 4.69) is 10.5 Å². The topological polar surface area (TPSA) is 50.7 Å². The van der Waals surface area contributed by atoms with Gasteiger partial charge in [-0.25, -0.2) is 5.43 Å².